The van der Waals surface area contributed by atoms with Crippen molar-refractivity contribution in [3.8, 4) is 0 Å². The zero-order chi connectivity index (χ0) is 17.8. The number of hydrogen-bond donors (Lipinski definition) is 1. The van der Waals surface area contributed by atoms with Crippen molar-refractivity contribution in [2.75, 3.05) is 46.4 Å². The van der Waals surface area contributed by atoms with E-state index in [1.165, 1.54) is 6.39 Å². The van der Waals surface area contributed by atoms with Gasteiger partial charge >= 0.3 is 0 Å². The van der Waals surface area contributed by atoms with Crippen LogP contribution in [0.4, 0.5) is 0 Å². The molecule has 1 aromatic heterocycles. The van der Waals surface area contributed by atoms with Crippen LogP contribution in [0.5, 0.6) is 0 Å². The third kappa shape index (κ3) is 4.40. The molecular weight excluding hydrogens is 320 g/mol. The second kappa shape index (κ2) is 8.29. The van der Waals surface area contributed by atoms with Gasteiger partial charge in [-0.25, -0.2) is 4.98 Å². The van der Waals surface area contributed by atoms with Gasteiger partial charge in [-0.3, -0.25) is 9.69 Å². The van der Waals surface area contributed by atoms with Crippen LogP contribution in [0, 0.1) is 5.92 Å². The Kier molecular flexibility index (Phi) is 6.09. The second-order valence-corrected chi connectivity index (χ2v) is 7.43. The summed E-state index contributed by atoms with van der Waals surface area (Å²) in [6.45, 7) is 9.99. The molecule has 0 unspecified atom stereocenters. The molecule has 0 radical (unpaired) electrons. The van der Waals surface area contributed by atoms with E-state index in [2.05, 4.69) is 41.0 Å². The smallest absolute Gasteiger partial charge is 0.273 e. The monoisotopic (exact) mass is 350 g/mol. The predicted octanol–water partition coefficient (Wildman–Crippen LogP) is 1.53. The van der Waals surface area contributed by atoms with Crippen LogP contribution in [0.2, 0.25) is 0 Å². The number of carbonyl (C=O) groups is 1. The van der Waals surface area contributed by atoms with Crippen LogP contribution in [-0.4, -0.2) is 73.1 Å². The molecule has 0 spiro atoms. The zero-order valence-electron chi connectivity index (χ0n) is 15.5. The standard InChI is InChI=1S/C18H30N4O3/c1-13(2)14(22-8-6-21(3)7-9-22)11-19-18(23)16-17(25-12-20-16)15-5-4-10-24-15/h12-15H,4-11H2,1-3H3,(H,19,23)/t14-,15+/m1/s1. The van der Waals surface area contributed by atoms with Gasteiger partial charge in [-0.15, -0.1) is 0 Å². The molecule has 2 atom stereocenters. The van der Waals surface area contributed by atoms with Gasteiger partial charge in [0.05, 0.1) is 0 Å². The minimum absolute atomic E-state index is 0.137. The van der Waals surface area contributed by atoms with Crippen molar-refractivity contribution < 1.29 is 13.9 Å². The van der Waals surface area contributed by atoms with Gasteiger partial charge in [0.25, 0.3) is 5.91 Å². The SMILES string of the molecule is CC(C)[C@@H](CNC(=O)c1ncoc1[C@@H]1CCCO1)N1CCN(C)CC1. The minimum atomic E-state index is -0.168. The molecule has 2 fully saturated rings. The molecule has 1 N–H and O–H groups in total. The number of oxazole rings is 1. The van der Waals surface area contributed by atoms with E-state index >= 15 is 0 Å². The van der Waals surface area contributed by atoms with Crippen LogP contribution >= 0.6 is 0 Å². The Bertz CT molecular complexity index is 560. The molecule has 1 amide bonds. The van der Waals surface area contributed by atoms with E-state index in [0.29, 0.717) is 36.6 Å². The average Bonchev–Trinajstić information content (AvgIpc) is 3.27. The number of likely N-dealkylation sites (N-methyl/N-ethyl adjacent to an activating group) is 1. The molecule has 7 heteroatoms. The second-order valence-electron chi connectivity index (χ2n) is 7.43. The summed E-state index contributed by atoms with van der Waals surface area (Å²) in [6.07, 6.45) is 3.07. The van der Waals surface area contributed by atoms with Crippen LogP contribution in [-0.2, 0) is 4.74 Å². The molecule has 25 heavy (non-hydrogen) atoms. The molecular formula is C18H30N4O3. The first kappa shape index (κ1) is 18.4. The summed E-state index contributed by atoms with van der Waals surface area (Å²) in [5, 5.41) is 3.07. The van der Waals surface area contributed by atoms with E-state index < -0.39 is 0 Å². The van der Waals surface area contributed by atoms with Gasteiger partial charge in [-0.2, -0.15) is 0 Å². The lowest BCUT2D eigenvalue weighted by Crippen LogP contribution is -2.54. The van der Waals surface area contributed by atoms with Crippen molar-refractivity contribution in [2.24, 2.45) is 5.92 Å². The van der Waals surface area contributed by atoms with E-state index in [4.69, 9.17) is 9.15 Å². The molecule has 0 aromatic carbocycles. The van der Waals surface area contributed by atoms with E-state index in [1.807, 2.05) is 0 Å². The number of aromatic nitrogens is 1. The fraction of sp³-hybridized carbons (Fsp3) is 0.778. The van der Waals surface area contributed by atoms with Crippen molar-refractivity contribution in [3.63, 3.8) is 0 Å². The van der Waals surface area contributed by atoms with Crippen LogP contribution < -0.4 is 5.32 Å². The maximum Gasteiger partial charge on any atom is 0.273 e. The Morgan fingerprint density at radius 2 is 2.12 bits per heavy atom. The van der Waals surface area contributed by atoms with Crippen LogP contribution in [0.25, 0.3) is 0 Å². The van der Waals surface area contributed by atoms with Crippen LogP contribution in [0.1, 0.15) is 49.0 Å². The van der Waals surface area contributed by atoms with E-state index in [-0.39, 0.29) is 12.0 Å². The molecule has 3 rings (SSSR count). The summed E-state index contributed by atoms with van der Waals surface area (Å²) in [6, 6.07) is 0.329. The number of amides is 1. The summed E-state index contributed by atoms with van der Waals surface area (Å²) in [7, 11) is 2.15. The molecule has 2 saturated heterocycles. The highest BCUT2D eigenvalue weighted by Crippen LogP contribution is 2.30. The predicted molar refractivity (Wildman–Crippen MR) is 94.5 cm³/mol. The van der Waals surface area contributed by atoms with E-state index in [9.17, 15) is 4.79 Å². The number of hydrogen-bond acceptors (Lipinski definition) is 6. The van der Waals surface area contributed by atoms with Crippen LogP contribution in [0.15, 0.2) is 10.8 Å². The van der Waals surface area contributed by atoms with Gasteiger partial charge in [-0.05, 0) is 25.8 Å². The number of piperazine rings is 1. The molecule has 1 aromatic rings. The van der Waals surface area contributed by atoms with Gasteiger partial charge in [0.1, 0.15) is 6.10 Å². The largest absolute Gasteiger partial charge is 0.445 e. The normalized spacial score (nSPS) is 23.9. The summed E-state index contributed by atoms with van der Waals surface area (Å²) in [5.41, 5.74) is 0.368. The summed E-state index contributed by atoms with van der Waals surface area (Å²) in [4.78, 5) is 21.6. The Hall–Kier alpha value is -1.44. The molecule has 0 bridgehead atoms. The zero-order valence-corrected chi connectivity index (χ0v) is 15.5. The minimum Gasteiger partial charge on any atom is -0.445 e. The maximum absolute atomic E-state index is 12.6. The Morgan fingerprint density at radius 3 is 2.76 bits per heavy atom. The maximum atomic E-state index is 12.6. The first-order valence-electron chi connectivity index (χ1n) is 9.32. The summed E-state index contributed by atoms with van der Waals surface area (Å²) >= 11 is 0. The number of nitrogens with one attached hydrogen (secondary N) is 1. The Balaban J connectivity index is 1.59. The van der Waals surface area contributed by atoms with Crippen LogP contribution in [0.3, 0.4) is 0 Å². The number of carbonyl (C=O) groups excluding carboxylic acids is 1. The Morgan fingerprint density at radius 1 is 1.36 bits per heavy atom. The summed E-state index contributed by atoms with van der Waals surface area (Å²) in [5.74, 6) is 0.869. The lowest BCUT2D eigenvalue weighted by Gasteiger charge is -2.39. The van der Waals surface area contributed by atoms with Crippen molar-refractivity contribution in [1.29, 1.82) is 0 Å². The van der Waals surface area contributed by atoms with Crippen molar-refractivity contribution in [1.82, 2.24) is 20.1 Å². The molecule has 3 heterocycles. The first-order valence-corrected chi connectivity index (χ1v) is 9.32. The third-order valence-corrected chi connectivity index (χ3v) is 5.28. The summed E-state index contributed by atoms with van der Waals surface area (Å²) < 4.78 is 11.1. The highest BCUT2D eigenvalue weighted by atomic mass is 16.5. The number of rotatable bonds is 6. The van der Waals surface area contributed by atoms with E-state index in [0.717, 1.165) is 39.0 Å². The van der Waals surface area contributed by atoms with Crippen molar-refractivity contribution >= 4 is 5.91 Å². The number of ether oxygens (including phenoxy) is 1. The topological polar surface area (TPSA) is 70.8 Å². The molecule has 7 nitrogen and oxygen atoms in total. The quantitative estimate of drug-likeness (QED) is 0.839. The lowest BCUT2D eigenvalue weighted by molar-refractivity contribution is 0.0768. The van der Waals surface area contributed by atoms with Crippen molar-refractivity contribution in [2.45, 2.75) is 38.8 Å². The van der Waals surface area contributed by atoms with Gasteiger partial charge in [0.2, 0.25) is 0 Å². The van der Waals surface area contributed by atoms with E-state index in [1.54, 1.807) is 0 Å². The van der Waals surface area contributed by atoms with Crippen molar-refractivity contribution in [3.05, 3.63) is 17.8 Å². The molecule has 2 aliphatic rings. The molecule has 0 aliphatic carbocycles. The third-order valence-electron chi connectivity index (χ3n) is 5.28. The van der Waals surface area contributed by atoms with Gasteiger partial charge in [0, 0.05) is 45.4 Å². The van der Waals surface area contributed by atoms with Gasteiger partial charge in [-0.1, -0.05) is 13.8 Å². The first-order chi connectivity index (χ1) is 12.1. The molecule has 140 valence electrons. The molecule has 0 saturated carbocycles. The highest BCUT2D eigenvalue weighted by Gasteiger charge is 2.29. The lowest BCUT2D eigenvalue weighted by atomic mass is 10.0. The van der Waals surface area contributed by atoms with Gasteiger partial charge in [0.15, 0.2) is 17.8 Å². The van der Waals surface area contributed by atoms with Gasteiger partial charge < -0.3 is 19.4 Å². The fourth-order valence-corrected chi connectivity index (χ4v) is 3.66. The molecule has 2 aliphatic heterocycles. The number of nitrogens with zero attached hydrogens (tertiary/aromatic N) is 3. The Labute approximate surface area is 149 Å². The highest BCUT2D eigenvalue weighted by molar-refractivity contribution is 5.93. The fourth-order valence-electron chi connectivity index (χ4n) is 3.66. The average molecular weight is 350 g/mol.